The standard InChI is InChI=1S/C21H26Cl2N6O3/c1-21(2,3)32-20(30)29-11-7-14-15(12-29)24-8-4-16(14)31-13-5-9-28(10-6-13)18-17(22)26-27-19(23)25-18/h4,8,13H,5-7,9-12H2,1-3H3. The summed E-state index contributed by atoms with van der Waals surface area (Å²) < 4.78 is 11.9. The Morgan fingerprint density at radius 2 is 1.91 bits per heavy atom. The first-order valence-corrected chi connectivity index (χ1v) is 11.4. The quantitative estimate of drug-likeness (QED) is 0.652. The number of halogens is 2. The van der Waals surface area contributed by atoms with Gasteiger partial charge in [0.1, 0.15) is 17.5 Å². The Balaban J connectivity index is 1.38. The lowest BCUT2D eigenvalue weighted by atomic mass is 10.0. The van der Waals surface area contributed by atoms with E-state index in [1.54, 1.807) is 11.1 Å². The summed E-state index contributed by atoms with van der Waals surface area (Å²) in [5, 5.41) is 7.81. The van der Waals surface area contributed by atoms with Crippen LogP contribution in [0, 0.1) is 0 Å². The average Bonchev–Trinajstić information content (AvgIpc) is 2.75. The highest BCUT2D eigenvalue weighted by molar-refractivity contribution is 6.32. The third-order valence-corrected chi connectivity index (χ3v) is 5.77. The number of hydrogen-bond donors (Lipinski definition) is 0. The number of hydrogen-bond acceptors (Lipinski definition) is 8. The van der Waals surface area contributed by atoms with E-state index >= 15 is 0 Å². The molecule has 2 aromatic heterocycles. The lowest BCUT2D eigenvalue weighted by Gasteiger charge is -2.34. The van der Waals surface area contributed by atoms with Crippen molar-refractivity contribution >= 4 is 35.1 Å². The van der Waals surface area contributed by atoms with Gasteiger partial charge in [0.15, 0.2) is 11.0 Å². The molecule has 172 valence electrons. The maximum Gasteiger partial charge on any atom is 0.410 e. The number of fused-ring (bicyclic) bond motifs is 1. The number of anilines is 1. The van der Waals surface area contributed by atoms with Gasteiger partial charge >= 0.3 is 6.09 Å². The van der Waals surface area contributed by atoms with Gasteiger partial charge in [-0.3, -0.25) is 4.98 Å². The summed E-state index contributed by atoms with van der Waals surface area (Å²) in [6, 6.07) is 1.90. The number of carbonyl (C=O) groups is 1. The summed E-state index contributed by atoms with van der Waals surface area (Å²) in [6.45, 7) is 8.02. The zero-order chi connectivity index (χ0) is 22.9. The molecular formula is C21H26Cl2N6O3. The molecule has 0 aliphatic carbocycles. The van der Waals surface area contributed by atoms with Crippen molar-refractivity contribution in [1.82, 2.24) is 25.1 Å². The van der Waals surface area contributed by atoms with E-state index in [4.69, 9.17) is 32.7 Å². The van der Waals surface area contributed by atoms with E-state index in [1.165, 1.54) is 0 Å². The van der Waals surface area contributed by atoms with Crippen LogP contribution in [0.1, 0.15) is 44.9 Å². The van der Waals surface area contributed by atoms with Crippen LogP contribution >= 0.6 is 23.2 Å². The van der Waals surface area contributed by atoms with E-state index in [1.807, 2.05) is 31.7 Å². The number of piperidine rings is 1. The summed E-state index contributed by atoms with van der Waals surface area (Å²) in [4.78, 5) is 24.8. The van der Waals surface area contributed by atoms with E-state index in [0.717, 1.165) is 42.9 Å². The fraction of sp³-hybridized carbons (Fsp3) is 0.571. The molecule has 0 N–H and O–H groups in total. The van der Waals surface area contributed by atoms with E-state index in [-0.39, 0.29) is 22.6 Å². The van der Waals surface area contributed by atoms with Crippen LogP contribution in [0.5, 0.6) is 5.75 Å². The molecule has 2 aliphatic rings. The van der Waals surface area contributed by atoms with Crippen LogP contribution in [0.3, 0.4) is 0 Å². The number of amides is 1. The van der Waals surface area contributed by atoms with Crippen molar-refractivity contribution in [2.75, 3.05) is 24.5 Å². The monoisotopic (exact) mass is 480 g/mol. The lowest BCUT2D eigenvalue weighted by molar-refractivity contribution is 0.0219. The summed E-state index contributed by atoms with van der Waals surface area (Å²) in [6.07, 6.45) is 3.76. The van der Waals surface area contributed by atoms with Crippen molar-refractivity contribution < 1.29 is 14.3 Å². The molecule has 0 atom stereocenters. The average molecular weight is 481 g/mol. The molecule has 32 heavy (non-hydrogen) atoms. The molecule has 1 saturated heterocycles. The molecule has 0 radical (unpaired) electrons. The normalized spacial score (nSPS) is 17.2. The number of rotatable bonds is 3. The maximum atomic E-state index is 12.4. The number of carbonyl (C=O) groups excluding carboxylic acids is 1. The highest BCUT2D eigenvalue weighted by atomic mass is 35.5. The first-order valence-electron chi connectivity index (χ1n) is 10.6. The van der Waals surface area contributed by atoms with Crippen LogP contribution in [0.25, 0.3) is 0 Å². The minimum Gasteiger partial charge on any atom is -0.490 e. The maximum absolute atomic E-state index is 12.4. The minimum atomic E-state index is -0.526. The van der Waals surface area contributed by atoms with E-state index < -0.39 is 5.60 Å². The van der Waals surface area contributed by atoms with Gasteiger partial charge in [0, 0.05) is 44.2 Å². The Morgan fingerprint density at radius 1 is 1.16 bits per heavy atom. The zero-order valence-electron chi connectivity index (χ0n) is 18.3. The number of aromatic nitrogens is 4. The molecule has 4 heterocycles. The predicted molar refractivity (Wildman–Crippen MR) is 120 cm³/mol. The van der Waals surface area contributed by atoms with Gasteiger partial charge in [-0.2, -0.15) is 4.98 Å². The van der Waals surface area contributed by atoms with E-state index in [9.17, 15) is 4.79 Å². The fourth-order valence-electron chi connectivity index (χ4n) is 3.87. The Hall–Kier alpha value is -2.39. The molecule has 2 aromatic rings. The highest BCUT2D eigenvalue weighted by Gasteiger charge is 2.29. The molecule has 0 bridgehead atoms. The molecule has 0 aromatic carbocycles. The molecule has 1 amide bonds. The van der Waals surface area contributed by atoms with Crippen molar-refractivity contribution in [1.29, 1.82) is 0 Å². The third kappa shape index (κ3) is 5.32. The highest BCUT2D eigenvalue weighted by Crippen LogP contribution is 2.31. The van der Waals surface area contributed by atoms with E-state index in [2.05, 4.69) is 20.2 Å². The first-order chi connectivity index (χ1) is 15.2. The summed E-state index contributed by atoms with van der Waals surface area (Å²) in [5.74, 6) is 1.38. The van der Waals surface area contributed by atoms with Gasteiger partial charge < -0.3 is 19.3 Å². The molecular weight excluding hydrogens is 455 g/mol. The predicted octanol–water partition coefficient (Wildman–Crippen LogP) is 3.91. The van der Waals surface area contributed by atoms with Gasteiger partial charge in [-0.15, -0.1) is 10.2 Å². The van der Waals surface area contributed by atoms with Gasteiger partial charge in [-0.05, 0) is 44.9 Å². The van der Waals surface area contributed by atoms with E-state index in [0.29, 0.717) is 25.3 Å². The van der Waals surface area contributed by atoms with Gasteiger partial charge in [0.25, 0.3) is 0 Å². The SMILES string of the molecule is CC(C)(C)OC(=O)N1CCc2c(OC3CCN(c4nc(Cl)nnc4Cl)CC3)ccnc2C1. The number of pyridine rings is 1. The van der Waals surface area contributed by atoms with Crippen LogP contribution in [-0.2, 0) is 17.7 Å². The topological polar surface area (TPSA) is 93.6 Å². The van der Waals surface area contributed by atoms with Crippen molar-refractivity contribution in [2.45, 2.75) is 58.3 Å². The summed E-state index contributed by atoms with van der Waals surface area (Å²) in [7, 11) is 0. The van der Waals surface area contributed by atoms with Crippen molar-refractivity contribution in [3.63, 3.8) is 0 Å². The van der Waals surface area contributed by atoms with Crippen LogP contribution < -0.4 is 9.64 Å². The summed E-state index contributed by atoms with van der Waals surface area (Å²) >= 11 is 12.0. The number of nitrogens with zero attached hydrogens (tertiary/aromatic N) is 6. The fourth-order valence-corrected chi connectivity index (χ4v) is 4.19. The zero-order valence-corrected chi connectivity index (χ0v) is 19.9. The minimum absolute atomic E-state index is 0.0608. The van der Waals surface area contributed by atoms with Gasteiger partial charge in [-0.25, -0.2) is 4.79 Å². The Bertz CT molecular complexity index is 992. The van der Waals surface area contributed by atoms with Crippen LogP contribution in [-0.4, -0.2) is 62.5 Å². The molecule has 0 unspecified atom stereocenters. The second-order valence-corrected chi connectivity index (χ2v) is 9.58. The van der Waals surface area contributed by atoms with Gasteiger partial charge in [-0.1, -0.05) is 11.6 Å². The van der Waals surface area contributed by atoms with Crippen molar-refractivity contribution in [2.24, 2.45) is 0 Å². The molecule has 9 nitrogen and oxygen atoms in total. The molecule has 4 rings (SSSR count). The smallest absolute Gasteiger partial charge is 0.410 e. The van der Waals surface area contributed by atoms with Gasteiger partial charge in [0.2, 0.25) is 5.28 Å². The first kappa shape index (κ1) is 22.8. The Labute approximate surface area is 197 Å². The third-order valence-electron chi connectivity index (χ3n) is 5.36. The summed E-state index contributed by atoms with van der Waals surface area (Å²) in [5.41, 5.74) is 1.39. The van der Waals surface area contributed by atoms with Crippen molar-refractivity contribution in [3.05, 3.63) is 34.0 Å². The molecule has 1 fully saturated rings. The number of ether oxygens (including phenoxy) is 2. The van der Waals surface area contributed by atoms with Gasteiger partial charge in [0.05, 0.1) is 12.2 Å². The lowest BCUT2D eigenvalue weighted by Crippen LogP contribution is -2.41. The molecule has 0 saturated carbocycles. The van der Waals surface area contributed by atoms with Crippen molar-refractivity contribution in [3.8, 4) is 5.75 Å². The molecule has 11 heteroatoms. The molecule has 0 spiro atoms. The second-order valence-electron chi connectivity index (χ2n) is 8.89. The Morgan fingerprint density at radius 3 is 2.62 bits per heavy atom. The molecule has 2 aliphatic heterocycles. The van der Waals surface area contributed by atoms with Crippen LogP contribution in [0.4, 0.5) is 10.6 Å². The van der Waals surface area contributed by atoms with Crippen LogP contribution in [0.15, 0.2) is 12.3 Å². The largest absolute Gasteiger partial charge is 0.490 e. The Kier molecular flexibility index (Phi) is 6.57. The van der Waals surface area contributed by atoms with Crippen LogP contribution in [0.2, 0.25) is 10.4 Å². The second kappa shape index (κ2) is 9.23.